The van der Waals surface area contributed by atoms with E-state index in [9.17, 15) is 4.79 Å². The van der Waals surface area contributed by atoms with Gasteiger partial charge in [0, 0.05) is 31.3 Å². The minimum atomic E-state index is 0. The summed E-state index contributed by atoms with van der Waals surface area (Å²) >= 11 is 0. The minimum absolute atomic E-state index is 0. The van der Waals surface area contributed by atoms with Crippen molar-refractivity contribution in [3.8, 4) is 11.3 Å². The van der Waals surface area contributed by atoms with Crippen molar-refractivity contribution in [3.63, 3.8) is 0 Å². The van der Waals surface area contributed by atoms with Gasteiger partial charge in [0.25, 0.3) is 0 Å². The van der Waals surface area contributed by atoms with Crippen molar-refractivity contribution in [3.05, 3.63) is 42.1 Å². The molecule has 1 aliphatic rings. The molecule has 2 aromatic rings. The van der Waals surface area contributed by atoms with Gasteiger partial charge >= 0.3 is 0 Å². The Morgan fingerprint density at radius 2 is 1.93 bits per heavy atom. The van der Waals surface area contributed by atoms with Crippen molar-refractivity contribution >= 4 is 18.3 Å². The Labute approximate surface area is 174 Å². The van der Waals surface area contributed by atoms with Gasteiger partial charge in [-0.05, 0) is 43.7 Å². The summed E-state index contributed by atoms with van der Waals surface area (Å²) in [5.41, 5.74) is 9.27. The predicted octanol–water partition coefficient (Wildman–Crippen LogP) is 4.19. The summed E-state index contributed by atoms with van der Waals surface area (Å²) in [5, 5.41) is 7.52. The fourth-order valence-electron chi connectivity index (χ4n) is 4.09. The maximum absolute atomic E-state index is 12.7. The van der Waals surface area contributed by atoms with Crippen LogP contribution in [-0.4, -0.2) is 41.1 Å². The minimum Gasteiger partial charge on any atom is -0.346 e. The maximum Gasteiger partial charge on any atom is 0.222 e. The first-order valence-electron chi connectivity index (χ1n) is 10.2. The monoisotopic (exact) mass is 404 g/mol. The summed E-state index contributed by atoms with van der Waals surface area (Å²) in [7, 11) is 1.91. The van der Waals surface area contributed by atoms with E-state index in [2.05, 4.69) is 28.4 Å². The zero-order valence-electron chi connectivity index (χ0n) is 16.8. The first-order valence-corrected chi connectivity index (χ1v) is 10.2. The molecule has 1 aromatic carbocycles. The van der Waals surface area contributed by atoms with E-state index in [1.165, 1.54) is 19.3 Å². The number of aromatic nitrogens is 2. The lowest BCUT2D eigenvalue weighted by molar-refractivity contribution is -0.133. The van der Waals surface area contributed by atoms with Gasteiger partial charge in [-0.2, -0.15) is 5.10 Å². The van der Waals surface area contributed by atoms with Gasteiger partial charge in [0.2, 0.25) is 5.91 Å². The fraction of sp³-hybridized carbons (Fsp3) is 0.545. The summed E-state index contributed by atoms with van der Waals surface area (Å²) in [4.78, 5) is 14.5. The van der Waals surface area contributed by atoms with Gasteiger partial charge in [-0.1, -0.05) is 49.6 Å². The first kappa shape index (κ1) is 22.4. The number of carbonyl (C=O) groups excluding carboxylic acids is 1. The molecule has 0 aliphatic heterocycles. The summed E-state index contributed by atoms with van der Waals surface area (Å²) in [6, 6.07) is 12.3. The number of nitrogens with two attached hydrogens (primary N) is 1. The normalized spacial score (nSPS) is 15.6. The number of aromatic amines is 1. The van der Waals surface area contributed by atoms with E-state index in [0.29, 0.717) is 13.0 Å². The molecule has 0 atom stereocenters. The lowest BCUT2D eigenvalue weighted by Crippen LogP contribution is -2.39. The molecule has 1 amide bonds. The molecule has 28 heavy (non-hydrogen) atoms. The largest absolute Gasteiger partial charge is 0.346 e. The van der Waals surface area contributed by atoms with Crippen LogP contribution in [0.5, 0.6) is 0 Å². The molecule has 5 nitrogen and oxygen atoms in total. The average molecular weight is 405 g/mol. The Balaban J connectivity index is 0.00000280. The van der Waals surface area contributed by atoms with Crippen LogP contribution in [0.2, 0.25) is 0 Å². The second-order valence-electron chi connectivity index (χ2n) is 8.00. The molecular formula is C22H33ClN4O. The number of aryl methyl sites for hydroxylation is 1. The van der Waals surface area contributed by atoms with Crippen LogP contribution >= 0.6 is 12.4 Å². The number of carbonyl (C=O) groups is 1. The number of nitrogens with zero attached hydrogens (tertiary/aromatic N) is 2. The quantitative estimate of drug-likeness (QED) is 0.692. The van der Waals surface area contributed by atoms with Gasteiger partial charge in [0.05, 0.1) is 5.69 Å². The van der Waals surface area contributed by atoms with Crippen molar-refractivity contribution in [1.82, 2.24) is 15.1 Å². The van der Waals surface area contributed by atoms with Crippen LogP contribution in [0.25, 0.3) is 11.3 Å². The third-order valence-corrected chi connectivity index (χ3v) is 5.94. The number of hydrogen-bond acceptors (Lipinski definition) is 3. The molecule has 0 bridgehead atoms. The lowest BCUT2D eigenvalue weighted by atomic mass is 9.71. The van der Waals surface area contributed by atoms with Crippen LogP contribution in [0.4, 0.5) is 0 Å². The van der Waals surface area contributed by atoms with Crippen LogP contribution in [0.3, 0.4) is 0 Å². The summed E-state index contributed by atoms with van der Waals surface area (Å²) < 4.78 is 0. The van der Waals surface area contributed by atoms with Gasteiger partial charge in [-0.3, -0.25) is 9.89 Å². The Kier molecular flexibility index (Phi) is 8.52. The van der Waals surface area contributed by atoms with Crippen molar-refractivity contribution in [2.45, 2.75) is 51.4 Å². The highest BCUT2D eigenvalue weighted by Crippen LogP contribution is 2.38. The number of H-pyrrole nitrogens is 1. The highest BCUT2D eigenvalue weighted by molar-refractivity contribution is 5.85. The highest BCUT2D eigenvalue weighted by atomic mass is 35.5. The van der Waals surface area contributed by atoms with Crippen LogP contribution in [-0.2, 0) is 11.2 Å². The molecule has 0 saturated heterocycles. The highest BCUT2D eigenvalue weighted by Gasteiger charge is 2.33. The molecule has 6 heteroatoms. The first-order chi connectivity index (χ1) is 13.1. The Morgan fingerprint density at radius 1 is 1.21 bits per heavy atom. The SMILES string of the molecule is CN(CCCc1cc(-c2ccccc2)n[nH]1)C(=O)CC1(CN)CCCCC1.Cl. The van der Waals surface area contributed by atoms with Gasteiger partial charge in [0.1, 0.15) is 0 Å². The van der Waals surface area contributed by atoms with E-state index in [1.807, 2.05) is 30.1 Å². The third-order valence-electron chi connectivity index (χ3n) is 5.94. The predicted molar refractivity (Wildman–Crippen MR) is 116 cm³/mol. The molecule has 154 valence electrons. The summed E-state index contributed by atoms with van der Waals surface area (Å²) in [6.45, 7) is 1.39. The molecule has 1 fully saturated rings. The van der Waals surface area contributed by atoms with Crippen molar-refractivity contribution in [2.75, 3.05) is 20.1 Å². The van der Waals surface area contributed by atoms with E-state index in [4.69, 9.17) is 5.73 Å². The summed E-state index contributed by atoms with van der Waals surface area (Å²) in [5.74, 6) is 0.233. The number of halogens is 1. The molecule has 0 unspecified atom stereocenters. The summed E-state index contributed by atoms with van der Waals surface area (Å²) in [6.07, 6.45) is 8.30. The molecule has 1 saturated carbocycles. The molecule has 1 aliphatic carbocycles. The van der Waals surface area contributed by atoms with Crippen LogP contribution in [0.1, 0.15) is 50.6 Å². The van der Waals surface area contributed by atoms with E-state index in [1.54, 1.807) is 0 Å². The molecule has 0 spiro atoms. The fourth-order valence-corrected chi connectivity index (χ4v) is 4.09. The lowest BCUT2D eigenvalue weighted by Gasteiger charge is -2.36. The van der Waals surface area contributed by atoms with Crippen LogP contribution in [0.15, 0.2) is 36.4 Å². The van der Waals surface area contributed by atoms with Gasteiger partial charge in [-0.25, -0.2) is 0 Å². The maximum atomic E-state index is 12.7. The number of hydrogen-bond donors (Lipinski definition) is 2. The molecule has 3 rings (SSSR count). The van der Waals surface area contributed by atoms with Crippen molar-refractivity contribution < 1.29 is 4.79 Å². The van der Waals surface area contributed by atoms with E-state index >= 15 is 0 Å². The molecule has 1 heterocycles. The van der Waals surface area contributed by atoms with Crippen molar-refractivity contribution in [2.24, 2.45) is 11.1 Å². The standard InChI is InChI=1S/C22H32N4O.ClH/c1-26(21(27)16-22(17-23)12-6-3-7-13-22)14-8-11-19-15-20(25-24-19)18-9-4-2-5-10-18;/h2,4-5,9-10,15H,3,6-8,11-14,16-17,23H2,1H3,(H,24,25);1H. The smallest absolute Gasteiger partial charge is 0.222 e. The topological polar surface area (TPSA) is 75.0 Å². The molecule has 1 aromatic heterocycles. The zero-order valence-corrected chi connectivity index (χ0v) is 17.6. The van der Waals surface area contributed by atoms with Crippen LogP contribution in [0, 0.1) is 5.41 Å². The molecular weight excluding hydrogens is 372 g/mol. The van der Waals surface area contributed by atoms with Gasteiger partial charge < -0.3 is 10.6 Å². The second kappa shape index (κ2) is 10.6. The molecule has 3 N–H and O–H groups in total. The van der Waals surface area contributed by atoms with E-state index < -0.39 is 0 Å². The zero-order chi connectivity index (χ0) is 19.1. The number of amides is 1. The number of benzene rings is 1. The number of rotatable bonds is 8. The van der Waals surface area contributed by atoms with Gasteiger partial charge in [-0.15, -0.1) is 12.4 Å². The van der Waals surface area contributed by atoms with E-state index in [0.717, 1.165) is 49.2 Å². The average Bonchev–Trinajstić information content (AvgIpc) is 3.18. The van der Waals surface area contributed by atoms with Crippen molar-refractivity contribution in [1.29, 1.82) is 0 Å². The third kappa shape index (κ3) is 5.82. The number of nitrogens with one attached hydrogen (secondary N) is 1. The van der Waals surface area contributed by atoms with Crippen LogP contribution < -0.4 is 5.73 Å². The Hall–Kier alpha value is -1.85. The van der Waals surface area contributed by atoms with Gasteiger partial charge in [0.15, 0.2) is 0 Å². The molecule has 0 radical (unpaired) electrons. The Bertz CT molecular complexity index is 725. The Morgan fingerprint density at radius 3 is 2.61 bits per heavy atom. The second-order valence-corrected chi connectivity index (χ2v) is 8.00. The van der Waals surface area contributed by atoms with E-state index in [-0.39, 0.29) is 23.7 Å².